The number of hydrogen-bond donors (Lipinski definition) is 0. The third-order valence-electron chi connectivity index (χ3n) is 5.48. The lowest BCUT2D eigenvalue weighted by atomic mass is 10.1. The first-order chi connectivity index (χ1) is 17.2. The van der Waals surface area contributed by atoms with Crippen LogP contribution in [0.1, 0.15) is 23.7 Å². The van der Waals surface area contributed by atoms with Crippen molar-refractivity contribution in [3.8, 4) is 11.5 Å². The third kappa shape index (κ3) is 5.76. The van der Waals surface area contributed by atoms with Gasteiger partial charge in [0.05, 0.1) is 60.7 Å². The molecule has 0 N–H and O–H groups in total. The first-order valence-electron chi connectivity index (χ1n) is 11.2. The first-order valence-corrected chi connectivity index (χ1v) is 12.5. The lowest BCUT2D eigenvalue weighted by Gasteiger charge is -2.19. The minimum absolute atomic E-state index is 0.0336. The highest BCUT2D eigenvalue weighted by molar-refractivity contribution is 7.84. The molecule has 3 aromatic rings. The van der Waals surface area contributed by atoms with Crippen LogP contribution in [-0.4, -0.2) is 76.9 Å². The van der Waals surface area contributed by atoms with Crippen molar-refractivity contribution in [1.29, 1.82) is 0 Å². The van der Waals surface area contributed by atoms with E-state index < -0.39 is 23.0 Å². The molecule has 0 saturated carbocycles. The number of carbonyl (C=O) groups excluding carboxylic acids is 2. The van der Waals surface area contributed by atoms with Crippen LogP contribution in [0.3, 0.4) is 0 Å². The maximum Gasteiger partial charge on any atom is 0.508 e. The maximum atomic E-state index is 13.6. The van der Waals surface area contributed by atoms with Gasteiger partial charge in [0.1, 0.15) is 18.1 Å². The minimum Gasteiger partial charge on any atom is -0.497 e. The number of nitrogens with zero attached hydrogens (tertiary/aromatic N) is 4. The van der Waals surface area contributed by atoms with Crippen molar-refractivity contribution >= 4 is 34.0 Å². The molecule has 3 rings (SSSR count). The molecule has 2 heterocycles. The van der Waals surface area contributed by atoms with Gasteiger partial charge in [0.2, 0.25) is 5.16 Å². The molecule has 2 aromatic heterocycles. The number of likely N-dealkylation sites (N-methyl/N-ethyl adjacent to an activating group) is 1. The molecule has 0 radical (unpaired) electrons. The number of fused-ring (bicyclic) bond motifs is 1. The molecule has 11 nitrogen and oxygen atoms in total. The summed E-state index contributed by atoms with van der Waals surface area (Å²) in [4.78, 5) is 35.2. The molecular weight excluding hydrogens is 488 g/mol. The Hall–Kier alpha value is -3.67. The van der Waals surface area contributed by atoms with Crippen molar-refractivity contribution in [3.63, 3.8) is 0 Å². The number of imidazole rings is 1. The Morgan fingerprint density at radius 1 is 1.14 bits per heavy atom. The van der Waals surface area contributed by atoms with Gasteiger partial charge in [-0.15, -0.1) is 0 Å². The Kier molecular flexibility index (Phi) is 8.86. The molecule has 194 valence electrons. The van der Waals surface area contributed by atoms with Crippen molar-refractivity contribution < 1.29 is 32.7 Å². The van der Waals surface area contributed by atoms with Crippen LogP contribution in [0.25, 0.3) is 11.0 Å². The maximum absolute atomic E-state index is 13.6. The summed E-state index contributed by atoms with van der Waals surface area (Å²) in [5.41, 5.74) is 3.14. The minimum atomic E-state index is -1.73. The van der Waals surface area contributed by atoms with E-state index in [1.54, 1.807) is 45.5 Å². The fourth-order valence-electron chi connectivity index (χ4n) is 3.59. The Bertz CT molecular complexity index is 1290. The molecular formula is C24H30N4O7S. The van der Waals surface area contributed by atoms with E-state index >= 15 is 0 Å². The predicted octanol–water partition coefficient (Wildman–Crippen LogP) is 3.45. The molecule has 1 atom stereocenters. The Morgan fingerprint density at radius 3 is 2.56 bits per heavy atom. The van der Waals surface area contributed by atoms with E-state index in [9.17, 15) is 13.8 Å². The number of amides is 1. The smallest absolute Gasteiger partial charge is 0.497 e. The van der Waals surface area contributed by atoms with Crippen molar-refractivity contribution in [2.45, 2.75) is 31.7 Å². The van der Waals surface area contributed by atoms with Gasteiger partial charge in [0.25, 0.3) is 0 Å². The second-order valence-corrected chi connectivity index (χ2v) is 9.20. The second kappa shape index (κ2) is 11.8. The van der Waals surface area contributed by atoms with Crippen LogP contribution in [0.4, 0.5) is 9.59 Å². The topological polar surface area (TPSA) is 122 Å². The number of ether oxygens (including phenoxy) is 4. The van der Waals surface area contributed by atoms with Gasteiger partial charge in [-0.1, -0.05) is 0 Å². The summed E-state index contributed by atoms with van der Waals surface area (Å²) < 4.78 is 35.3. The molecule has 0 spiro atoms. The van der Waals surface area contributed by atoms with E-state index in [0.29, 0.717) is 28.2 Å². The lowest BCUT2D eigenvalue weighted by molar-refractivity contribution is 0.0550. The van der Waals surface area contributed by atoms with Gasteiger partial charge in [-0.2, -0.15) is 0 Å². The summed E-state index contributed by atoms with van der Waals surface area (Å²) >= 11 is 0. The van der Waals surface area contributed by atoms with Crippen LogP contribution in [0, 0.1) is 13.8 Å². The van der Waals surface area contributed by atoms with Gasteiger partial charge in [0, 0.05) is 30.4 Å². The van der Waals surface area contributed by atoms with E-state index in [2.05, 4.69) is 9.97 Å². The van der Waals surface area contributed by atoms with E-state index in [-0.39, 0.29) is 30.7 Å². The zero-order valence-electron chi connectivity index (χ0n) is 21.2. The monoisotopic (exact) mass is 518 g/mol. The molecule has 0 aliphatic rings. The highest BCUT2D eigenvalue weighted by Crippen LogP contribution is 2.28. The average molecular weight is 519 g/mol. The molecule has 1 amide bonds. The third-order valence-corrected chi connectivity index (χ3v) is 6.70. The van der Waals surface area contributed by atoms with Crippen LogP contribution < -0.4 is 9.47 Å². The molecule has 0 fully saturated rings. The lowest BCUT2D eigenvalue weighted by Crippen LogP contribution is -2.35. The number of aryl methyl sites for hydroxylation is 1. The fourth-order valence-corrected chi connectivity index (χ4v) is 4.84. The molecule has 0 aliphatic carbocycles. The van der Waals surface area contributed by atoms with Gasteiger partial charge in [-0.25, -0.2) is 19.1 Å². The van der Waals surface area contributed by atoms with Crippen LogP contribution in [0.15, 0.2) is 29.6 Å². The zero-order chi connectivity index (χ0) is 26.4. The van der Waals surface area contributed by atoms with Gasteiger partial charge < -0.3 is 23.8 Å². The van der Waals surface area contributed by atoms with Crippen molar-refractivity contribution in [2.75, 3.05) is 41.0 Å². The SMILES string of the molecule is CCOC(=O)OCCN(C)C(=O)n1c([S@@](=O)Cc2ncc(C)c(OC)c2C)nc2ccc(OC)cc21. The summed E-state index contributed by atoms with van der Waals surface area (Å²) in [5, 5.41) is 0.0714. The number of pyridine rings is 1. The van der Waals surface area contributed by atoms with Crippen molar-refractivity contribution in [3.05, 3.63) is 41.2 Å². The van der Waals surface area contributed by atoms with Gasteiger partial charge in [0.15, 0.2) is 0 Å². The van der Waals surface area contributed by atoms with Gasteiger partial charge >= 0.3 is 12.2 Å². The molecule has 12 heteroatoms. The average Bonchev–Trinajstić information content (AvgIpc) is 3.24. The van der Waals surface area contributed by atoms with Crippen LogP contribution in [-0.2, 0) is 26.0 Å². The van der Waals surface area contributed by atoms with Crippen LogP contribution in [0.2, 0.25) is 0 Å². The Labute approximate surface area is 211 Å². The highest BCUT2D eigenvalue weighted by Gasteiger charge is 2.25. The Balaban J connectivity index is 1.95. The second-order valence-electron chi connectivity index (χ2n) is 7.86. The van der Waals surface area contributed by atoms with Gasteiger partial charge in [-0.05, 0) is 32.9 Å². The van der Waals surface area contributed by atoms with E-state index in [0.717, 1.165) is 11.1 Å². The molecule has 0 unspecified atom stereocenters. The Morgan fingerprint density at radius 2 is 1.89 bits per heavy atom. The summed E-state index contributed by atoms with van der Waals surface area (Å²) in [6, 6.07) is 4.57. The van der Waals surface area contributed by atoms with Crippen molar-refractivity contribution in [1.82, 2.24) is 19.4 Å². The number of aromatic nitrogens is 3. The molecule has 0 saturated heterocycles. The van der Waals surface area contributed by atoms with Crippen LogP contribution in [0.5, 0.6) is 11.5 Å². The first kappa shape index (κ1) is 26.9. The van der Waals surface area contributed by atoms with E-state index in [4.69, 9.17) is 18.9 Å². The zero-order valence-corrected chi connectivity index (χ0v) is 22.0. The largest absolute Gasteiger partial charge is 0.508 e. The number of rotatable bonds is 9. The standard InChI is InChI=1S/C24H30N4O7S/c1-7-34-24(30)35-11-10-27(4)23(29)28-20-12-17(32-5)8-9-18(20)26-22(28)36(31)14-19-16(3)21(33-6)15(2)13-25-19/h8-9,12-13H,7,10-11,14H2,1-6H3/t36-/m0/s1. The van der Waals surface area contributed by atoms with Crippen molar-refractivity contribution in [2.24, 2.45) is 0 Å². The fraction of sp³-hybridized carbons (Fsp3) is 0.417. The normalized spacial score (nSPS) is 11.7. The van der Waals surface area contributed by atoms with E-state index in [1.165, 1.54) is 16.6 Å². The molecule has 0 bridgehead atoms. The molecule has 1 aromatic carbocycles. The summed E-state index contributed by atoms with van der Waals surface area (Å²) in [7, 11) is 2.91. The number of methoxy groups -OCH3 is 2. The quantitative estimate of drug-likeness (QED) is 0.392. The van der Waals surface area contributed by atoms with E-state index in [1.807, 2.05) is 13.8 Å². The number of hydrogen-bond acceptors (Lipinski definition) is 9. The predicted molar refractivity (Wildman–Crippen MR) is 133 cm³/mol. The summed E-state index contributed by atoms with van der Waals surface area (Å²) in [6.07, 6.45) is 0.851. The number of benzene rings is 1. The summed E-state index contributed by atoms with van der Waals surface area (Å²) in [6.45, 7) is 5.60. The number of carbonyl (C=O) groups is 2. The molecule has 36 heavy (non-hydrogen) atoms. The molecule has 0 aliphatic heterocycles. The van der Waals surface area contributed by atoms with Crippen LogP contribution >= 0.6 is 0 Å². The van der Waals surface area contributed by atoms with Gasteiger partial charge in [-0.3, -0.25) is 9.19 Å². The summed E-state index contributed by atoms with van der Waals surface area (Å²) in [5.74, 6) is 1.22. The highest BCUT2D eigenvalue weighted by atomic mass is 32.2.